The first-order valence-corrected chi connectivity index (χ1v) is 9.40. The lowest BCUT2D eigenvalue weighted by Crippen LogP contribution is -2.32. The summed E-state index contributed by atoms with van der Waals surface area (Å²) in [5, 5.41) is 31.4. The first-order chi connectivity index (χ1) is 13.0. The molecule has 0 saturated heterocycles. The van der Waals surface area contributed by atoms with E-state index < -0.39 is 5.60 Å². The molecule has 0 amide bonds. The van der Waals surface area contributed by atoms with Crippen molar-refractivity contribution in [1.82, 2.24) is 0 Å². The van der Waals surface area contributed by atoms with Gasteiger partial charge in [0.05, 0.1) is 0 Å². The van der Waals surface area contributed by atoms with Crippen molar-refractivity contribution in [3.8, 4) is 5.75 Å². The Bertz CT molecular complexity index is 1030. The Balaban J connectivity index is 1.66. The summed E-state index contributed by atoms with van der Waals surface area (Å²) in [6.45, 7) is 0. The number of benzene rings is 2. The second kappa shape index (κ2) is 5.61. The van der Waals surface area contributed by atoms with Gasteiger partial charge in [0.25, 0.3) is 0 Å². The number of phenols is 1. The highest BCUT2D eigenvalue weighted by Gasteiger charge is 2.47. The van der Waals surface area contributed by atoms with Gasteiger partial charge in [-0.05, 0) is 71.4 Å². The molecule has 1 spiro atoms. The van der Waals surface area contributed by atoms with E-state index in [2.05, 4.69) is 18.2 Å². The summed E-state index contributed by atoms with van der Waals surface area (Å²) in [5.74, 6) is 0.286. The Morgan fingerprint density at radius 3 is 2.52 bits per heavy atom. The van der Waals surface area contributed by atoms with Crippen LogP contribution in [-0.4, -0.2) is 20.9 Å². The molecular weight excluding hydrogens is 336 g/mol. The summed E-state index contributed by atoms with van der Waals surface area (Å²) < 4.78 is 0. The van der Waals surface area contributed by atoms with Gasteiger partial charge < -0.3 is 15.3 Å². The fourth-order valence-electron chi connectivity index (χ4n) is 5.00. The maximum absolute atomic E-state index is 11.1. The van der Waals surface area contributed by atoms with E-state index in [1.807, 2.05) is 30.4 Å². The van der Waals surface area contributed by atoms with Crippen molar-refractivity contribution >= 4 is 5.57 Å². The molecule has 3 N–H and O–H groups in total. The molecule has 0 radical (unpaired) electrons. The number of aliphatic hydroxyl groups excluding tert-OH is 1. The van der Waals surface area contributed by atoms with Crippen molar-refractivity contribution in [2.24, 2.45) is 5.41 Å². The Morgan fingerprint density at radius 2 is 1.67 bits per heavy atom. The van der Waals surface area contributed by atoms with Crippen LogP contribution < -0.4 is 0 Å². The van der Waals surface area contributed by atoms with Gasteiger partial charge in [-0.2, -0.15) is 0 Å². The number of aliphatic hydroxyl groups is 2. The molecule has 2 aromatic carbocycles. The maximum Gasteiger partial charge on any atom is 0.143 e. The highest BCUT2D eigenvalue weighted by atomic mass is 16.3. The topological polar surface area (TPSA) is 60.7 Å². The second-order valence-corrected chi connectivity index (χ2v) is 8.09. The number of phenolic OH excluding ortho intramolecular Hbond substituents is 1. The molecule has 3 aliphatic carbocycles. The summed E-state index contributed by atoms with van der Waals surface area (Å²) >= 11 is 0. The van der Waals surface area contributed by atoms with Crippen LogP contribution in [0.15, 0.2) is 72.5 Å². The molecule has 3 heteroatoms. The predicted molar refractivity (Wildman–Crippen MR) is 105 cm³/mol. The van der Waals surface area contributed by atoms with Crippen molar-refractivity contribution in [2.45, 2.75) is 31.3 Å². The molecule has 0 aromatic heterocycles. The average Bonchev–Trinajstić information content (AvgIpc) is 3.15. The van der Waals surface area contributed by atoms with Crippen LogP contribution in [0.3, 0.4) is 0 Å². The summed E-state index contributed by atoms with van der Waals surface area (Å²) in [6, 6.07) is 14.0. The van der Waals surface area contributed by atoms with Crippen LogP contribution in [0, 0.1) is 5.41 Å². The number of hydrogen-bond donors (Lipinski definition) is 3. The summed E-state index contributed by atoms with van der Waals surface area (Å²) in [5.41, 5.74) is 4.45. The zero-order valence-electron chi connectivity index (χ0n) is 15.0. The fourth-order valence-corrected chi connectivity index (χ4v) is 5.00. The summed E-state index contributed by atoms with van der Waals surface area (Å²) in [6.07, 6.45) is 10.1. The zero-order chi connectivity index (χ0) is 18.6. The van der Waals surface area contributed by atoms with Gasteiger partial charge in [0.1, 0.15) is 17.1 Å². The molecule has 2 aromatic rings. The van der Waals surface area contributed by atoms with Gasteiger partial charge >= 0.3 is 0 Å². The van der Waals surface area contributed by atoms with Crippen LogP contribution in [-0.2, 0) is 19.3 Å². The smallest absolute Gasteiger partial charge is 0.143 e. The van der Waals surface area contributed by atoms with Crippen LogP contribution >= 0.6 is 0 Å². The van der Waals surface area contributed by atoms with Gasteiger partial charge in [-0.25, -0.2) is 0 Å². The van der Waals surface area contributed by atoms with E-state index in [0.29, 0.717) is 12.2 Å². The predicted octanol–water partition coefficient (Wildman–Crippen LogP) is 4.25. The minimum atomic E-state index is -1.37. The van der Waals surface area contributed by atoms with E-state index in [-0.39, 0.29) is 11.2 Å². The number of allylic oxidation sites excluding steroid dienone is 3. The first-order valence-electron chi connectivity index (χ1n) is 9.40. The number of rotatable bonds is 1. The largest absolute Gasteiger partial charge is 0.509 e. The normalized spacial score (nSPS) is 29.8. The Kier molecular flexibility index (Phi) is 3.40. The van der Waals surface area contributed by atoms with Crippen LogP contribution in [0.25, 0.3) is 5.57 Å². The van der Waals surface area contributed by atoms with E-state index >= 15 is 0 Å². The molecule has 0 heterocycles. The summed E-state index contributed by atoms with van der Waals surface area (Å²) in [7, 11) is 0. The lowest BCUT2D eigenvalue weighted by Gasteiger charge is -2.31. The molecule has 3 aliphatic rings. The van der Waals surface area contributed by atoms with Crippen LogP contribution in [0.4, 0.5) is 0 Å². The standard InChI is InChI=1S/C24H22O3/c25-19-9-8-16-12-23(14-18(16)11-19)13-17-5-1-2-6-20(17)21(23)15-24(27)10-4-3-7-22(24)26/h1-9,11,15,25-27H,10,12-14H2/b21-15-. The van der Waals surface area contributed by atoms with Gasteiger partial charge in [-0.15, -0.1) is 0 Å². The Labute approximate surface area is 158 Å². The van der Waals surface area contributed by atoms with E-state index in [9.17, 15) is 15.3 Å². The minimum Gasteiger partial charge on any atom is -0.509 e. The molecular formula is C24H22O3. The maximum atomic E-state index is 11.1. The molecule has 0 bridgehead atoms. The van der Waals surface area contributed by atoms with Crippen molar-refractivity contribution < 1.29 is 15.3 Å². The summed E-state index contributed by atoms with van der Waals surface area (Å²) in [4.78, 5) is 0. The van der Waals surface area contributed by atoms with E-state index in [1.54, 1.807) is 18.2 Å². The van der Waals surface area contributed by atoms with Gasteiger partial charge in [-0.3, -0.25) is 0 Å². The van der Waals surface area contributed by atoms with Crippen molar-refractivity contribution in [2.75, 3.05) is 0 Å². The third kappa shape index (κ3) is 2.46. The number of aromatic hydroxyl groups is 1. The molecule has 2 unspecified atom stereocenters. The average molecular weight is 358 g/mol. The Morgan fingerprint density at radius 1 is 0.889 bits per heavy atom. The second-order valence-electron chi connectivity index (χ2n) is 8.09. The molecule has 0 fully saturated rings. The number of fused-ring (bicyclic) bond motifs is 2. The van der Waals surface area contributed by atoms with E-state index in [0.717, 1.165) is 30.4 Å². The van der Waals surface area contributed by atoms with Crippen LogP contribution in [0.2, 0.25) is 0 Å². The van der Waals surface area contributed by atoms with Gasteiger partial charge in [0.15, 0.2) is 0 Å². The molecule has 0 saturated carbocycles. The highest BCUT2D eigenvalue weighted by molar-refractivity contribution is 5.80. The van der Waals surface area contributed by atoms with E-state index in [1.165, 1.54) is 16.7 Å². The molecule has 3 nitrogen and oxygen atoms in total. The lowest BCUT2D eigenvalue weighted by atomic mass is 9.75. The third-order valence-corrected chi connectivity index (χ3v) is 6.30. The van der Waals surface area contributed by atoms with Crippen LogP contribution in [0.1, 0.15) is 28.7 Å². The van der Waals surface area contributed by atoms with Crippen molar-refractivity contribution in [1.29, 1.82) is 0 Å². The number of hydrogen-bond acceptors (Lipinski definition) is 3. The van der Waals surface area contributed by atoms with Crippen molar-refractivity contribution in [3.63, 3.8) is 0 Å². The monoisotopic (exact) mass is 358 g/mol. The molecule has 2 atom stereocenters. The Hall–Kier alpha value is -2.78. The molecule has 136 valence electrons. The third-order valence-electron chi connectivity index (χ3n) is 6.30. The van der Waals surface area contributed by atoms with Crippen LogP contribution in [0.5, 0.6) is 5.75 Å². The van der Waals surface area contributed by atoms with E-state index in [4.69, 9.17) is 0 Å². The quantitative estimate of drug-likeness (QED) is 0.714. The zero-order valence-corrected chi connectivity index (χ0v) is 15.0. The SMILES string of the molecule is OC1=CC=CCC1(O)/C=C1/c2ccccc2CC12Cc1ccc(O)cc1C2. The van der Waals surface area contributed by atoms with Crippen molar-refractivity contribution in [3.05, 3.63) is 94.8 Å². The van der Waals surface area contributed by atoms with Gasteiger partial charge in [0, 0.05) is 11.8 Å². The molecule has 0 aliphatic heterocycles. The minimum absolute atomic E-state index is 0.00909. The lowest BCUT2D eigenvalue weighted by molar-refractivity contribution is 0.0813. The molecule has 5 rings (SSSR count). The fraction of sp³-hybridized carbons (Fsp3) is 0.250. The highest BCUT2D eigenvalue weighted by Crippen LogP contribution is 2.55. The van der Waals surface area contributed by atoms with Gasteiger partial charge in [-0.1, -0.05) is 42.5 Å². The molecule has 27 heavy (non-hydrogen) atoms. The van der Waals surface area contributed by atoms with Gasteiger partial charge in [0.2, 0.25) is 0 Å². The first kappa shape index (κ1) is 16.4.